The molecule has 0 unspecified atom stereocenters. The quantitative estimate of drug-likeness (QED) is 0.859. The highest BCUT2D eigenvalue weighted by Gasteiger charge is 2.35. The molecule has 24 heavy (non-hydrogen) atoms. The molecule has 3 rings (SSSR count). The molecule has 1 aromatic heterocycles. The Morgan fingerprint density at radius 2 is 2.12 bits per heavy atom. The number of amides is 1. The summed E-state index contributed by atoms with van der Waals surface area (Å²) in [6.07, 6.45) is -3.41. The van der Waals surface area contributed by atoms with Crippen LogP contribution in [0.4, 0.5) is 13.2 Å². The molecular formula is C16H16F3N3O2. The van der Waals surface area contributed by atoms with Crippen LogP contribution < -0.4 is 0 Å². The van der Waals surface area contributed by atoms with Gasteiger partial charge in [-0.25, -0.2) is 0 Å². The van der Waals surface area contributed by atoms with Gasteiger partial charge in [-0.2, -0.15) is 18.2 Å². The zero-order valence-electron chi connectivity index (χ0n) is 13.0. The van der Waals surface area contributed by atoms with Gasteiger partial charge in [-0.3, -0.25) is 4.79 Å². The number of likely N-dealkylation sites (tertiary alicyclic amines) is 1. The van der Waals surface area contributed by atoms with Crippen LogP contribution in [0.5, 0.6) is 0 Å². The van der Waals surface area contributed by atoms with Crippen LogP contribution in [0.1, 0.15) is 37.1 Å². The Morgan fingerprint density at radius 3 is 2.83 bits per heavy atom. The van der Waals surface area contributed by atoms with Crippen molar-refractivity contribution in [1.82, 2.24) is 15.0 Å². The van der Waals surface area contributed by atoms with Crippen LogP contribution in [-0.2, 0) is 11.0 Å². The minimum absolute atomic E-state index is 0.0413. The highest BCUT2D eigenvalue weighted by atomic mass is 19.4. The van der Waals surface area contributed by atoms with Crippen molar-refractivity contribution in [2.45, 2.75) is 31.9 Å². The van der Waals surface area contributed by atoms with Crippen molar-refractivity contribution in [3.05, 3.63) is 35.7 Å². The van der Waals surface area contributed by atoms with Crippen molar-refractivity contribution < 1.29 is 22.5 Å². The lowest BCUT2D eigenvalue weighted by molar-refractivity contribution is -0.137. The molecule has 0 radical (unpaired) electrons. The Hall–Kier alpha value is -2.38. The number of aromatic nitrogens is 2. The molecule has 1 fully saturated rings. The van der Waals surface area contributed by atoms with Gasteiger partial charge in [-0.1, -0.05) is 30.3 Å². The van der Waals surface area contributed by atoms with E-state index in [9.17, 15) is 18.0 Å². The Balaban J connectivity index is 1.84. The Kier molecular flexibility index (Phi) is 4.29. The average molecular weight is 339 g/mol. The van der Waals surface area contributed by atoms with Gasteiger partial charge < -0.3 is 9.42 Å². The van der Waals surface area contributed by atoms with Crippen molar-refractivity contribution in [2.75, 3.05) is 13.1 Å². The molecular weight excluding hydrogens is 323 g/mol. The van der Waals surface area contributed by atoms with Crippen molar-refractivity contribution in [1.29, 1.82) is 0 Å². The lowest BCUT2D eigenvalue weighted by Crippen LogP contribution is -2.27. The second-order valence-corrected chi connectivity index (χ2v) is 5.68. The number of rotatable bonds is 3. The van der Waals surface area contributed by atoms with E-state index in [4.69, 9.17) is 4.52 Å². The van der Waals surface area contributed by atoms with Gasteiger partial charge in [0.1, 0.15) is 0 Å². The summed E-state index contributed by atoms with van der Waals surface area (Å²) < 4.78 is 44.4. The summed E-state index contributed by atoms with van der Waals surface area (Å²) >= 11 is 0. The number of hydrogen-bond acceptors (Lipinski definition) is 4. The van der Waals surface area contributed by atoms with Crippen LogP contribution in [0, 0.1) is 0 Å². The summed E-state index contributed by atoms with van der Waals surface area (Å²) in [6, 6.07) is 5.12. The normalized spacial score (nSPS) is 18.2. The summed E-state index contributed by atoms with van der Waals surface area (Å²) in [5, 5.41) is 3.71. The van der Waals surface area contributed by atoms with Gasteiger partial charge in [0.15, 0.2) is 0 Å². The maximum absolute atomic E-state index is 13.1. The van der Waals surface area contributed by atoms with Gasteiger partial charge in [0, 0.05) is 25.1 Å². The van der Waals surface area contributed by atoms with Crippen molar-refractivity contribution in [2.24, 2.45) is 0 Å². The number of halogens is 3. The maximum atomic E-state index is 13.1. The van der Waals surface area contributed by atoms with Crippen molar-refractivity contribution in [3.63, 3.8) is 0 Å². The van der Waals surface area contributed by atoms with E-state index in [0.29, 0.717) is 25.9 Å². The third-order valence-corrected chi connectivity index (χ3v) is 4.11. The molecule has 8 heteroatoms. The number of benzene rings is 1. The first-order valence-corrected chi connectivity index (χ1v) is 7.68. The molecule has 1 saturated heterocycles. The van der Waals surface area contributed by atoms with E-state index in [2.05, 4.69) is 10.1 Å². The Morgan fingerprint density at radius 1 is 1.38 bits per heavy atom. The molecule has 5 nitrogen and oxygen atoms in total. The molecule has 1 atom stereocenters. The molecule has 0 spiro atoms. The summed E-state index contributed by atoms with van der Waals surface area (Å²) in [4.78, 5) is 17.6. The third kappa shape index (κ3) is 3.13. The maximum Gasteiger partial charge on any atom is 0.417 e. The van der Waals surface area contributed by atoms with Gasteiger partial charge in [0.25, 0.3) is 0 Å². The summed E-state index contributed by atoms with van der Waals surface area (Å²) in [5.41, 5.74) is -0.911. The lowest BCUT2D eigenvalue weighted by Gasteiger charge is -2.13. The van der Waals surface area contributed by atoms with E-state index in [1.807, 2.05) is 0 Å². The van der Waals surface area contributed by atoms with Gasteiger partial charge >= 0.3 is 6.18 Å². The summed E-state index contributed by atoms with van der Waals surface area (Å²) in [7, 11) is 0. The summed E-state index contributed by atoms with van der Waals surface area (Å²) in [5.74, 6) is 0.0889. The van der Waals surface area contributed by atoms with E-state index in [1.54, 1.807) is 11.8 Å². The van der Waals surface area contributed by atoms with Crippen LogP contribution in [0.25, 0.3) is 11.4 Å². The number of carbonyl (C=O) groups is 1. The van der Waals surface area contributed by atoms with Crippen LogP contribution >= 0.6 is 0 Å². The zero-order valence-corrected chi connectivity index (χ0v) is 13.0. The van der Waals surface area contributed by atoms with E-state index in [-0.39, 0.29) is 29.1 Å². The summed E-state index contributed by atoms with van der Waals surface area (Å²) in [6.45, 7) is 2.83. The topological polar surface area (TPSA) is 59.2 Å². The Labute approximate surface area is 136 Å². The number of nitrogens with zero attached hydrogens (tertiary/aromatic N) is 3. The number of carbonyl (C=O) groups excluding carboxylic acids is 1. The molecule has 1 aliphatic heterocycles. The minimum atomic E-state index is -4.49. The molecule has 0 N–H and O–H groups in total. The van der Waals surface area contributed by atoms with E-state index >= 15 is 0 Å². The van der Waals surface area contributed by atoms with Gasteiger partial charge in [-0.15, -0.1) is 0 Å². The minimum Gasteiger partial charge on any atom is -0.342 e. The first kappa shape index (κ1) is 16.5. The standard InChI is InChI=1S/C16H16F3N3O2/c1-2-13(23)22-8-7-10(9-22)15-20-14(21-24-15)11-5-3-4-6-12(11)16(17,18)19/h3-6,10H,2,7-9H2,1H3/t10-/m1/s1. The van der Waals surface area contributed by atoms with Gasteiger partial charge in [0.05, 0.1) is 11.5 Å². The highest BCUT2D eigenvalue weighted by Crippen LogP contribution is 2.36. The van der Waals surface area contributed by atoms with E-state index in [1.165, 1.54) is 18.2 Å². The SMILES string of the molecule is CCC(=O)N1CC[C@@H](c2nc(-c3ccccc3C(F)(F)F)no2)C1. The molecule has 0 saturated carbocycles. The van der Waals surface area contributed by atoms with Gasteiger partial charge in [0.2, 0.25) is 17.6 Å². The highest BCUT2D eigenvalue weighted by molar-refractivity contribution is 5.76. The molecule has 1 amide bonds. The first-order valence-electron chi connectivity index (χ1n) is 7.68. The lowest BCUT2D eigenvalue weighted by atomic mass is 10.1. The smallest absolute Gasteiger partial charge is 0.342 e. The van der Waals surface area contributed by atoms with Crippen LogP contribution in [0.15, 0.2) is 28.8 Å². The average Bonchev–Trinajstić information content (AvgIpc) is 3.22. The molecule has 128 valence electrons. The first-order chi connectivity index (χ1) is 11.4. The molecule has 2 heterocycles. The molecule has 2 aromatic rings. The Bertz CT molecular complexity index is 742. The monoisotopic (exact) mass is 339 g/mol. The van der Waals surface area contributed by atoms with Gasteiger partial charge in [-0.05, 0) is 12.5 Å². The predicted octanol–water partition coefficient (Wildman–Crippen LogP) is 3.48. The molecule has 1 aliphatic rings. The molecule has 0 aliphatic carbocycles. The predicted molar refractivity (Wildman–Crippen MR) is 79.0 cm³/mol. The second-order valence-electron chi connectivity index (χ2n) is 5.68. The largest absolute Gasteiger partial charge is 0.417 e. The van der Waals surface area contributed by atoms with Crippen molar-refractivity contribution >= 4 is 5.91 Å². The number of alkyl halides is 3. The van der Waals surface area contributed by atoms with Crippen molar-refractivity contribution in [3.8, 4) is 11.4 Å². The fraction of sp³-hybridized carbons (Fsp3) is 0.438. The fourth-order valence-electron chi connectivity index (χ4n) is 2.85. The fourth-order valence-corrected chi connectivity index (χ4v) is 2.85. The van der Waals surface area contributed by atoms with E-state index < -0.39 is 11.7 Å². The second kappa shape index (κ2) is 6.26. The van der Waals surface area contributed by atoms with Crippen LogP contribution in [0.3, 0.4) is 0 Å². The van der Waals surface area contributed by atoms with E-state index in [0.717, 1.165) is 6.07 Å². The molecule has 1 aromatic carbocycles. The number of hydrogen-bond donors (Lipinski definition) is 0. The zero-order chi connectivity index (χ0) is 17.3. The van der Waals surface area contributed by atoms with Crippen LogP contribution in [0.2, 0.25) is 0 Å². The van der Waals surface area contributed by atoms with Crippen LogP contribution in [-0.4, -0.2) is 34.0 Å². The molecule has 0 bridgehead atoms. The third-order valence-electron chi connectivity index (χ3n) is 4.11.